The normalized spacial score (nSPS) is 13.6. The molecule has 0 bridgehead atoms. The summed E-state index contributed by atoms with van der Waals surface area (Å²) in [7, 11) is 0. The fourth-order valence-electron chi connectivity index (χ4n) is 1.76. The van der Waals surface area contributed by atoms with Crippen molar-refractivity contribution in [3.05, 3.63) is 0 Å². The molecule has 0 N–H and O–H groups in total. The van der Waals surface area contributed by atoms with Crippen LogP contribution in [0.2, 0.25) is 0 Å². The van der Waals surface area contributed by atoms with E-state index in [1.807, 2.05) is 41.5 Å². The summed E-state index contributed by atoms with van der Waals surface area (Å²) in [6.07, 6.45) is 1.44. The zero-order chi connectivity index (χ0) is 17.4. The van der Waals surface area contributed by atoms with Crippen molar-refractivity contribution in [2.45, 2.75) is 79.4 Å². The van der Waals surface area contributed by atoms with Gasteiger partial charge < -0.3 is 14.2 Å². The van der Waals surface area contributed by atoms with Gasteiger partial charge in [-0.25, -0.2) is 0 Å². The van der Waals surface area contributed by atoms with E-state index in [9.17, 15) is 9.59 Å². The van der Waals surface area contributed by atoms with E-state index in [-0.39, 0.29) is 24.5 Å². The van der Waals surface area contributed by atoms with E-state index in [0.717, 1.165) is 6.42 Å². The first-order valence-corrected chi connectivity index (χ1v) is 8.04. The molecule has 0 saturated carbocycles. The first-order chi connectivity index (χ1) is 10.0. The Kier molecular flexibility index (Phi) is 8.68. The minimum Gasteiger partial charge on any atom is -0.466 e. The van der Waals surface area contributed by atoms with Gasteiger partial charge in [-0.3, -0.25) is 9.59 Å². The molecular weight excluding hydrogens is 284 g/mol. The number of carbonyl (C=O) groups excluding carboxylic acids is 2. The number of hydrogen-bond donors (Lipinski definition) is 0. The number of hydrogen-bond acceptors (Lipinski definition) is 5. The number of esters is 2. The van der Waals surface area contributed by atoms with Gasteiger partial charge in [0.2, 0.25) is 0 Å². The van der Waals surface area contributed by atoms with E-state index >= 15 is 0 Å². The van der Waals surface area contributed by atoms with Crippen LogP contribution in [-0.4, -0.2) is 36.9 Å². The van der Waals surface area contributed by atoms with Gasteiger partial charge in [0.15, 0.2) is 0 Å². The highest BCUT2D eigenvalue weighted by Crippen LogP contribution is 2.24. The Morgan fingerprint density at radius 2 is 1.68 bits per heavy atom. The van der Waals surface area contributed by atoms with Gasteiger partial charge in [0.05, 0.1) is 30.1 Å². The molecule has 0 radical (unpaired) electrons. The smallest absolute Gasteiger partial charge is 0.311 e. The molecule has 130 valence electrons. The lowest BCUT2D eigenvalue weighted by Crippen LogP contribution is -2.33. The van der Waals surface area contributed by atoms with E-state index in [2.05, 4.69) is 0 Å². The van der Waals surface area contributed by atoms with Gasteiger partial charge in [-0.05, 0) is 54.4 Å². The Bertz CT molecular complexity index is 360. The highest BCUT2D eigenvalue weighted by Gasteiger charge is 2.31. The van der Waals surface area contributed by atoms with Crippen molar-refractivity contribution in [2.24, 2.45) is 5.41 Å². The third-order valence-corrected chi connectivity index (χ3v) is 3.53. The predicted molar refractivity (Wildman–Crippen MR) is 85.5 cm³/mol. The molecule has 0 amide bonds. The third kappa shape index (κ3) is 8.37. The standard InChI is InChI=1S/C17H32O5/c1-8-13(3)22-14(18)12-17(6,7)21-11-10-16(4,5)15(19)20-9-2/h13H,8-12H2,1-7H3. The van der Waals surface area contributed by atoms with Crippen LogP contribution in [0.1, 0.15) is 67.7 Å². The fourth-order valence-corrected chi connectivity index (χ4v) is 1.76. The summed E-state index contributed by atoms with van der Waals surface area (Å²) in [6, 6.07) is 0. The second-order valence-corrected chi connectivity index (χ2v) is 6.85. The zero-order valence-corrected chi connectivity index (χ0v) is 15.2. The Hall–Kier alpha value is -1.10. The molecule has 0 aromatic carbocycles. The lowest BCUT2D eigenvalue weighted by atomic mass is 9.90. The topological polar surface area (TPSA) is 61.8 Å². The average Bonchev–Trinajstić information content (AvgIpc) is 2.37. The van der Waals surface area contributed by atoms with Gasteiger partial charge in [0.1, 0.15) is 0 Å². The SMILES string of the molecule is CCOC(=O)C(C)(C)CCOC(C)(C)CC(=O)OC(C)CC. The quantitative estimate of drug-likeness (QED) is 0.577. The van der Waals surface area contributed by atoms with Gasteiger partial charge >= 0.3 is 11.9 Å². The molecule has 0 rings (SSSR count). The van der Waals surface area contributed by atoms with Gasteiger partial charge in [-0.15, -0.1) is 0 Å². The van der Waals surface area contributed by atoms with Crippen LogP contribution in [0, 0.1) is 5.41 Å². The lowest BCUT2D eigenvalue weighted by molar-refractivity contribution is -0.159. The molecule has 0 aliphatic carbocycles. The van der Waals surface area contributed by atoms with Gasteiger partial charge in [-0.2, -0.15) is 0 Å². The summed E-state index contributed by atoms with van der Waals surface area (Å²) in [6.45, 7) is 13.7. The molecule has 1 unspecified atom stereocenters. The molecule has 0 aliphatic heterocycles. The zero-order valence-electron chi connectivity index (χ0n) is 15.2. The molecule has 0 heterocycles. The highest BCUT2D eigenvalue weighted by molar-refractivity contribution is 5.75. The van der Waals surface area contributed by atoms with Crippen molar-refractivity contribution in [3.63, 3.8) is 0 Å². The van der Waals surface area contributed by atoms with E-state index < -0.39 is 11.0 Å². The average molecular weight is 316 g/mol. The van der Waals surface area contributed by atoms with E-state index in [1.54, 1.807) is 6.92 Å². The van der Waals surface area contributed by atoms with Crippen molar-refractivity contribution in [1.82, 2.24) is 0 Å². The van der Waals surface area contributed by atoms with Crippen LogP contribution in [0.25, 0.3) is 0 Å². The summed E-state index contributed by atoms with van der Waals surface area (Å²) in [5.41, 5.74) is -1.21. The lowest BCUT2D eigenvalue weighted by Gasteiger charge is -2.28. The molecule has 0 aromatic rings. The summed E-state index contributed by atoms with van der Waals surface area (Å²) < 4.78 is 16.1. The molecule has 0 aromatic heterocycles. The summed E-state index contributed by atoms with van der Waals surface area (Å²) in [4.78, 5) is 23.6. The first-order valence-electron chi connectivity index (χ1n) is 8.04. The van der Waals surface area contributed by atoms with Crippen LogP contribution >= 0.6 is 0 Å². The second-order valence-electron chi connectivity index (χ2n) is 6.85. The van der Waals surface area contributed by atoms with E-state index in [1.165, 1.54) is 0 Å². The van der Waals surface area contributed by atoms with Crippen molar-refractivity contribution in [3.8, 4) is 0 Å². The van der Waals surface area contributed by atoms with Crippen molar-refractivity contribution in [2.75, 3.05) is 13.2 Å². The van der Waals surface area contributed by atoms with Gasteiger partial charge in [0, 0.05) is 6.61 Å². The molecule has 1 atom stereocenters. The molecule has 5 heteroatoms. The minimum atomic E-state index is -0.616. The van der Waals surface area contributed by atoms with Crippen LogP contribution in [-0.2, 0) is 23.8 Å². The van der Waals surface area contributed by atoms with Crippen molar-refractivity contribution in [1.29, 1.82) is 0 Å². The second kappa shape index (κ2) is 9.13. The molecule has 5 nitrogen and oxygen atoms in total. The van der Waals surface area contributed by atoms with Crippen molar-refractivity contribution >= 4 is 11.9 Å². The van der Waals surface area contributed by atoms with Crippen LogP contribution in [0.3, 0.4) is 0 Å². The van der Waals surface area contributed by atoms with Crippen LogP contribution in [0.4, 0.5) is 0 Å². The largest absolute Gasteiger partial charge is 0.466 e. The van der Waals surface area contributed by atoms with E-state index in [4.69, 9.17) is 14.2 Å². The van der Waals surface area contributed by atoms with Crippen LogP contribution in [0.5, 0.6) is 0 Å². The summed E-state index contributed by atoms with van der Waals surface area (Å²) in [5, 5.41) is 0. The minimum absolute atomic E-state index is 0.0777. The monoisotopic (exact) mass is 316 g/mol. The highest BCUT2D eigenvalue weighted by atomic mass is 16.5. The summed E-state index contributed by atoms with van der Waals surface area (Å²) >= 11 is 0. The third-order valence-electron chi connectivity index (χ3n) is 3.53. The number of ether oxygens (including phenoxy) is 3. The first kappa shape index (κ1) is 20.9. The van der Waals surface area contributed by atoms with Crippen LogP contribution < -0.4 is 0 Å². The number of rotatable bonds is 10. The Morgan fingerprint density at radius 3 is 2.18 bits per heavy atom. The van der Waals surface area contributed by atoms with Crippen LogP contribution in [0.15, 0.2) is 0 Å². The van der Waals surface area contributed by atoms with Crippen molar-refractivity contribution < 1.29 is 23.8 Å². The molecule has 0 aliphatic rings. The summed E-state index contributed by atoms with van der Waals surface area (Å²) in [5.74, 6) is -0.489. The molecular formula is C17H32O5. The predicted octanol–water partition coefficient (Wildman–Crippen LogP) is 3.49. The van der Waals surface area contributed by atoms with Gasteiger partial charge in [-0.1, -0.05) is 6.92 Å². The maximum Gasteiger partial charge on any atom is 0.311 e. The molecule has 0 saturated heterocycles. The van der Waals surface area contributed by atoms with Gasteiger partial charge in [0.25, 0.3) is 0 Å². The van der Waals surface area contributed by atoms with E-state index in [0.29, 0.717) is 19.6 Å². The maximum absolute atomic E-state index is 11.8. The Labute approximate surface area is 134 Å². The molecule has 0 fully saturated rings. The number of carbonyl (C=O) groups is 2. The molecule has 22 heavy (non-hydrogen) atoms. The Morgan fingerprint density at radius 1 is 1.09 bits per heavy atom. The fraction of sp³-hybridized carbons (Fsp3) is 0.882. The Balaban J connectivity index is 4.27. The maximum atomic E-state index is 11.8. The molecule has 0 spiro atoms.